The molecule has 3 N–H and O–H groups in total. The van der Waals surface area contributed by atoms with Crippen LogP contribution in [0.2, 0.25) is 0 Å². The van der Waals surface area contributed by atoms with Crippen LogP contribution in [0.5, 0.6) is 0 Å². The van der Waals surface area contributed by atoms with Crippen molar-refractivity contribution in [1.29, 1.82) is 0 Å². The Balaban J connectivity index is 1.61. The van der Waals surface area contributed by atoms with Gasteiger partial charge >= 0.3 is 0 Å². The molecular weight excluding hydrogens is 360 g/mol. The summed E-state index contributed by atoms with van der Waals surface area (Å²) in [6.45, 7) is 1.75. The quantitative estimate of drug-likeness (QED) is 0.742. The fourth-order valence-corrected chi connectivity index (χ4v) is 4.78. The van der Waals surface area contributed by atoms with Crippen LogP contribution in [0.25, 0.3) is 0 Å². The van der Waals surface area contributed by atoms with E-state index in [0.29, 0.717) is 25.7 Å². The third-order valence-electron chi connectivity index (χ3n) is 6.17. The van der Waals surface area contributed by atoms with Crippen molar-refractivity contribution in [3.63, 3.8) is 0 Å². The fourth-order valence-electron chi connectivity index (χ4n) is 4.78. The van der Waals surface area contributed by atoms with E-state index >= 15 is 0 Å². The molecule has 2 fully saturated rings. The van der Waals surface area contributed by atoms with E-state index in [1.54, 1.807) is 0 Å². The summed E-state index contributed by atoms with van der Waals surface area (Å²) < 4.78 is 11.3. The maximum Gasteiger partial charge on any atom is 0.290 e. The highest BCUT2D eigenvalue weighted by atomic mass is 16.5. The Labute approximate surface area is 163 Å². The molecule has 1 aromatic heterocycles. The molecule has 2 aliphatic rings. The molecule has 0 spiro atoms. The third kappa shape index (κ3) is 3.45. The lowest BCUT2D eigenvalue weighted by atomic mass is 9.74. The second-order valence-corrected chi connectivity index (χ2v) is 8.21. The normalized spacial score (nSPS) is 35.2. The van der Waals surface area contributed by atoms with Crippen LogP contribution < -0.4 is 5.32 Å². The van der Waals surface area contributed by atoms with Crippen LogP contribution in [0, 0.1) is 0 Å². The lowest BCUT2D eigenvalue weighted by Crippen LogP contribution is -2.58. The molecule has 7 nitrogen and oxygen atoms in total. The van der Waals surface area contributed by atoms with E-state index < -0.39 is 29.3 Å². The van der Waals surface area contributed by atoms with Crippen LogP contribution in [-0.2, 0) is 4.74 Å². The van der Waals surface area contributed by atoms with Crippen molar-refractivity contribution in [2.45, 2.75) is 61.9 Å². The zero-order valence-corrected chi connectivity index (χ0v) is 15.9. The van der Waals surface area contributed by atoms with Gasteiger partial charge in [0, 0.05) is 6.07 Å². The number of aromatic nitrogens is 1. The number of carbonyl (C=O) groups is 1. The van der Waals surface area contributed by atoms with E-state index in [9.17, 15) is 15.0 Å². The second kappa shape index (κ2) is 7.31. The Hall–Kier alpha value is -2.22. The summed E-state index contributed by atoms with van der Waals surface area (Å²) in [6.07, 6.45) is 2.81. The first-order chi connectivity index (χ1) is 13.4. The van der Waals surface area contributed by atoms with Crippen LogP contribution in [0.15, 0.2) is 47.1 Å². The zero-order valence-electron chi connectivity index (χ0n) is 15.9. The number of fused-ring (bicyclic) bond motifs is 2. The van der Waals surface area contributed by atoms with Gasteiger partial charge in [0.1, 0.15) is 6.10 Å². The van der Waals surface area contributed by atoms with Gasteiger partial charge in [0.25, 0.3) is 5.91 Å². The first kappa shape index (κ1) is 19.1. The highest BCUT2D eigenvalue weighted by Gasteiger charge is 2.54. The summed E-state index contributed by atoms with van der Waals surface area (Å²) in [7, 11) is 0. The molecule has 28 heavy (non-hydrogen) atoms. The van der Waals surface area contributed by atoms with Crippen molar-refractivity contribution in [3.8, 4) is 0 Å². The van der Waals surface area contributed by atoms with Crippen LogP contribution in [0.4, 0.5) is 0 Å². The average molecular weight is 386 g/mol. The molecule has 0 saturated carbocycles. The predicted octanol–water partition coefficient (Wildman–Crippen LogP) is 2.01. The van der Waals surface area contributed by atoms with Crippen LogP contribution in [-0.4, -0.2) is 51.2 Å². The first-order valence-electron chi connectivity index (χ1n) is 9.70. The molecule has 2 bridgehead atoms. The van der Waals surface area contributed by atoms with Crippen molar-refractivity contribution in [1.82, 2.24) is 10.5 Å². The Morgan fingerprint density at radius 3 is 2.75 bits per heavy atom. The molecule has 150 valence electrons. The number of hydrogen-bond acceptors (Lipinski definition) is 6. The minimum atomic E-state index is -0.917. The molecule has 2 aliphatic heterocycles. The number of carbonyl (C=O) groups excluding carboxylic acids is 1. The van der Waals surface area contributed by atoms with E-state index in [2.05, 4.69) is 22.6 Å². The molecule has 5 atom stereocenters. The van der Waals surface area contributed by atoms with E-state index in [1.165, 1.54) is 17.8 Å². The molecule has 0 radical (unpaired) electrons. The summed E-state index contributed by atoms with van der Waals surface area (Å²) in [4.78, 5) is 12.4. The number of nitrogens with zero attached hydrogens (tertiary/aromatic N) is 1. The topological polar surface area (TPSA) is 105 Å². The molecule has 7 heteroatoms. The van der Waals surface area contributed by atoms with Gasteiger partial charge in [0.2, 0.25) is 5.76 Å². The molecule has 2 saturated heterocycles. The molecule has 0 aliphatic carbocycles. The number of amides is 1. The van der Waals surface area contributed by atoms with Crippen molar-refractivity contribution < 1.29 is 24.3 Å². The van der Waals surface area contributed by atoms with Gasteiger partial charge in [-0.2, -0.15) is 0 Å². The maximum absolute atomic E-state index is 12.4. The highest BCUT2D eigenvalue weighted by molar-refractivity contribution is 5.91. The van der Waals surface area contributed by atoms with Gasteiger partial charge in [0.05, 0.1) is 30.0 Å². The van der Waals surface area contributed by atoms with E-state index in [0.717, 1.165) is 0 Å². The highest BCUT2D eigenvalue weighted by Crippen LogP contribution is 2.49. The van der Waals surface area contributed by atoms with Gasteiger partial charge in [-0.25, -0.2) is 0 Å². The summed E-state index contributed by atoms with van der Waals surface area (Å²) in [5.41, 5.74) is -0.455. The summed E-state index contributed by atoms with van der Waals surface area (Å²) in [5, 5.41) is 27.8. The van der Waals surface area contributed by atoms with E-state index in [-0.39, 0.29) is 18.3 Å². The minimum Gasteiger partial charge on any atom is -0.393 e. The van der Waals surface area contributed by atoms with E-state index in [4.69, 9.17) is 9.26 Å². The van der Waals surface area contributed by atoms with Gasteiger partial charge in [0.15, 0.2) is 0 Å². The number of benzene rings is 1. The third-order valence-corrected chi connectivity index (χ3v) is 6.17. The Kier molecular flexibility index (Phi) is 4.99. The van der Waals surface area contributed by atoms with E-state index in [1.807, 2.05) is 25.1 Å². The smallest absolute Gasteiger partial charge is 0.290 e. The van der Waals surface area contributed by atoms with Gasteiger partial charge in [-0.15, -0.1) is 0 Å². The van der Waals surface area contributed by atoms with Gasteiger partial charge in [-0.3, -0.25) is 4.79 Å². The Bertz CT molecular complexity index is 811. The number of nitrogens with one attached hydrogen (secondary N) is 1. The number of rotatable bonds is 4. The molecule has 4 rings (SSSR count). The standard InChI is InChI=1S/C21H26N2O5/c1-20-11-15(14-5-3-2-4-6-14)12-21(13-24,28-20)9-7-16(18(20)25)23-19(26)17-8-10-22-27-17/h2-6,8,10,15-16,18,24-25H,7,9,11-13H2,1H3,(H,23,26)/t15-,16-,18+,20+,21+/m1/s1. The van der Waals surface area contributed by atoms with Crippen LogP contribution in [0.1, 0.15) is 54.6 Å². The minimum absolute atomic E-state index is 0.101. The SMILES string of the molecule is C[C@]12C[C@@H](c3ccccc3)C[C@](CO)(CC[C@@H](NC(=O)c3ccno3)[C@@H]1O)O2. The largest absolute Gasteiger partial charge is 0.393 e. The number of aliphatic hydroxyl groups excluding tert-OH is 2. The number of aliphatic hydroxyl groups is 2. The van der Waals surface area contributed by atoms with Crippen molar-refractivity contribution in [2.24, 2.45) is 0 Å². The molecule has 1 aromatic carbocycles. The van der Waals surface area contributed by atoms with Crippen molar-refractivity contribution in [2.75, 3.05) is 6.61 Å². The summed E-state index contributed by atoms with van der Waals surface area (Å²) in [5.74, 6) is -0.158. The first-order valence-corrected chi connectivity index (χ1v) is 9.70. The summed E-state index contributed by atoms with van der Waals surface area (Å²) >= 11 is 0. The van der Waals surface area contributed by atoms with Crippen molar-refractivity contribution >= 4 is 5.91 Å². The molecule has 0 unspecified atom stereocenters. The lowest BCUT2D eigenvalue weighted by Gasteiger charge is -2.49. The fraction of sp³-hybridized carbons (Fsp3) is 0.524. The lowest BCUT2D eigenvalue weighted by molar-refractivity contribution is -0.230. The molecular formula is C21H26N2O5. The predicted molar refractivity (Wildman–Crippen MR) is 101 cm³/mol. The van der Waals surface area contributed by atoms with Crippen LogP contribution >= 0.6 is 0 Å². The van der Waals surface area contributed by atoms with Gasteiger partial charge in [-0.05, 0) is 44.1 Å². The molecule has 2 aromatic rings. The second-order valence-electron chi connectivity index (χ2n) is 8.21. The van der Waals surface area contributed by atoms with Crippen molar-refractivity contribution in [3.05, 3.63) is 53.9 Å². The van der Waals surface area contributed by atoms with Gasteiger partial charge < -0.3 is 24.8 Å². The van der Waals surface area contributed by atoms with Gasteiger partial charge in [-0.1, -0.05) is 35.5 Å². The maximum atomic E-state index is 12.4. The number of hydrogen-bond donors (Lipinski definition) is 3. The van der Waals surface area contributed by atoms with Crippen LogP contribution in [0.3, 0.4) is 0 Å². The monoisotopic (exact) mass is 386 g/mol. The average Bonchev–Trinajstić information content (AvgIpc) is 3.23. The Morgan fingerprint density at radius 1 is 1.29 bits per heavy atom. The zero-order chi connectivity index (χ0) is 19.8. The molecule has 1 amide bonds. The number of ether oxygens (including phenoxy) is 1. The Morgan fingerprint density at radius 2 is 2.07 bits per heavy atom. The molecule has 3 heterocycles. The summed E-state index contributed by atoms with van der Waals surface area (Å²) in [6, 6.07) is 11.1.